The predicted octanol–water partition coefficient (Wildman–Crippen LogP) is 1.80. The predicted molar refractivity (Wildman–Crippen MR) is 90.5 cm³/mol. The molecule has 126 valence electrons. The molecule has 0 bridgehead atoms. The Bertz CT molecular complexity index is 685. The molecular weight excluding hydrogens is 302 g/mol. The lowest BCUT2D eigenvalue weighted by Gasteiger charge is -2.24. The summed E-state index contributed by atoms with van der Waals surface area (Å²) in [5, 5.41) is 10.8. The van der Waals surface area contributed by atoms with Gasteiger partial charge >= 0.3 is 0 Å². The van der Waals surface area contributed by atoms with Crippen LogP contribution >= 0.6 is 0 Å². The Morgan fingerprint density at radius 3 is 3.04 bits per heavy atom. The summed E-state index contributed by atoms with van der Waals surface area (Å²) < 4.78 is 1.73. The second-order valence-corrected chi connectivity index (χ2v) is 6.76. The van der Waals surface area contributed by atoms with Crippen LogP contribution in [0.15, 0.2) is 36.8 Å². The molecule has 24 heavy (non-hydrogen) atoms. The van der Waals surface area contributed by atoms with E-state index in [9.17, 15) is 4.79 Å². The summed E-state index contributed by atoms with van der Waals surface area (Å²) in [5.41, 5.74) is 0.963. The third kappa shape index (κ3) is 3.06. The van der Waals surface area contributed by atoms with E-state index >= 15 is 0 Å². The largest absolute Gasteiger partial charge is 0.351 e. The van der Waals surface area contributed by atoms with Crippen molar-refractivity contribution in [3.05, 3.63) is 42.4 Å². The van der Waals surface area contributed by atoms with E-state index in [2.05, 4.69) is 20.7 Å². The van der Waals surface area contributed by atoms with Gasteiger partial charge in [-0.05, 0) is 37.3 Å². The summed E-state index contributed by atoms with van der Waals surface area (Å²) >= 11 is 0. The highest BCUT2D eigenvalue weighted by atomic mass is 16.2. The van der Waals surface area contributed by atoms with Gasteiger partial charge in [0.05, 0.1) is 6.04 Å². The zero-order chi connectivity index (χ0) is 16.4. The van der Waals surface area contributed by atoms with Crippen molar-refractivity contribution >= 4 is 5.91 Å². The van der Waals surface area contributed by atoms with Crippen molar-refractivity contribution in [1.82, 2.24) is 25.4 Å². The van der Waals surface area contributed by atoms with E-state index in [1.807, 2.05) is 24.4 Å². The van der Waals surface area contributed by atoms with Crippen LogP contribution in [0.25, 0.3) is 5.82 Å². The molecule has 6 heteroatoms. The molecule has 0 aromatic carbocycles. The maximum Gasteiger partial charge on any atom is 0.237 e. The van der Waals surface area contributed by atoms with E-state index in [1.165, 1.54) is 25.7 Å². The molecule has 2 aromatic heterocycles. The number of carbonyl (C=O) groups excluding carboxylic acids is 1. The third-order valence-electron chi connectivity index (χ3n) is 5.22. The molecule has 1 aliphatic heterocycles. The maximum absolute atomic E-state index is 12.5. The molecule has 0 radical (unpaired) electrons. The zero-order valence-electron chi connectivity index (χ0n) is 13.7. The van der Waals surface area contributed by atoms with Crippen LogP contribution in [0.4, 0.5) is 0 Å². The summed E-state index contributed by atoms with van der Waals surface area (Å²) in [4.78, 5) is 16.9. The van der Waals surface area contributed by atoms with Crippen molar-refractivity contribution in [3.63, 3.8) is 0 Å². The molecule has 0 spiro atoms. The number of carbonyl (C=O) groups is 1. The standard InChI is InChI=1S/C18H23N5O/c24-18(16-11-13-5-1-2-7-15(13)22-16)20-12-14-6-3-8-19-17(14)23-10-4-9-21-23/h3-4,6,8-10,13,15-16,22H,1-2,5,7,11-12H2,(H,20,24). The van der Waals surface area contributed by atoms with Crippen molar-refractivity contribution in [2.45, 2.75) is 50.7 Å². The number of aromatic nitrogens is 3. The SMILES string of the molecule is O=C(NCc1cccnc1-n1cccn1)C1CC2CCCCC2N1. The fourth-order valence-electron chi connectivity index (χ4n) is 4.00. The average molecular weight is 325 g/mol. The summed E-state index contributed by atoms with van der Waals surface area (Å²) in [5.74, 6) is 1.53. The molecule has 2 aliphatic rings. The summed E-state index contributed by atoms with van der Waals surface area (Å²) in [6.07, 6.45) is 11.3. The van der Waals surface area contributed by atoms with Crippen LogP contribution in [0.3, 0.4) is 0 Å². The normalized spacial score (nSPS) is 26.1. The van der Waals surface area contributed by atoms with E-state index in [0.29, 0.717) is 18.5 Å². The first-order chi connectivity index (χ1) is 11.8. The van der Waals surface area contributed by atoms with E-state index in [0.717, 1.165) is 17.8 Å². The molecule has 3 heterocycles. The lowest BCUT2D eigenvalue weighted by molar-refractivity contribution is -0.123. The maximum atomic E-state index is 12.5. The molecule has 1 saturated heterocycles. The molecule has 6 nitrogen and oxygen atoms in total. The molecule has 2 aromatic rings. The first-order valence-electron chi connectivity index (χ1n) is 8.79. The Labute approximate surface area is 141 Å². The average Bonchev–Trinajstić information content (AvgIpc) is 3.29. The van der Waals surface area contributed by atoms with Gasteiger partial charge in [-0.3, -0.25) is 4.79 Å². The highest BCUT2D eigenvalue weighted by Crippen LogP contribution is 2.33. The molecule has 2 fully saturated rings. The Kier molecular flexibility index (Phi) is 4.30. The van der Waals surface area contributed by atoms with E-state index in [4.69, 9.17) is 0 Å². The van der Waals surface area contributed by atoms with Crippen LogP contribution in [0.1, 0.15) is 37.7 Å². The summed E-state index contributed by atoms with van der Waals surface area (Å²) in [7, 11) is 0. The molecule has 1 aliphatic carbocycles. The third-order valence-corrected chi connectivity index (χ3v) is 5.22. The second-order valence-electron chi connectivity index (χ2n) is 6.76. The van der Waals surface area contributed by atoms with Crippen LogP contribution in [-0.4, -0.2) is 32.8 Å². The monoisotopic (exact) mass is 325 g/mol. The first-order valence-corrected chi connectivity index (χ1v) is 8.79. The van der Waals surface area contributed by atoms with Crippen LogP contribution in [0, 0.1) is 5.92 Å². The number of fused-ring (bicyclic) bond motifs is 1. The quantitative estimate of drug-likeness (QED) is 0.899. The minimum Gasteiger partial charge on any atom is -0.351 e. The van der Waals surface area contributed by atoms with Crippen LogP contribution in [0.2, 0.25) is 0 Å². The molecule has 1 amide bonds. The number of nitrogens with zero attached hydrogens (tertiary/aromatic N) is 3. The van der Waals surface area contributed by atoms with Gasteiger partial charge in [0, 0.05) is 36.7 Å². The molecule has 2 N–H and O–H groups in total. The number of rotatable bonds is 4. The van der Waals surface area contributed by atoms with Gasteiger partial charge < -0.3 is 10.6 Å². The number of amides is 1. The minimum atomic E-state index is -0.0528. The van der Waals surface area contributed by atoms with Crippen molar-refractivity contribution < 1.29 is 4.79 Å². The Balaban J connectivity index is 1.40. The fraction of sp³-hybridized carbons (Fsp3) is 0.500. The highest BCUT2D eigenvalue weighted by Gasteiger charge is 2.38. The molecule has 1 saturated carbocycles. The van der Waals surface area contributed by atoms with Gasteiger partial charge in [0.25, 0.3) is 0 Å². The Hall–Kier alpha value is -2.21. The summed E-state index contributed by atoms with van der Waals surface area (Å²) in [6, 6.07) is 6.21. The van der Waals surface area contributed by atoms with Gasteiger partial charge in [-0.25, -0.2) is 9.67 Å². The first kappa shape index (κ1) is 15.3. The van der Waals surface area contributed by atoms with Crippen molar-refractivity contribution in [2.24, 2.45) is 5.92 Å². The lowest BCUT2D eigenvalue weighted by atomic mass is 9.85. The van der Waals surface area contributed by atoms with Gasteiger partial charge in [-0.2, -0.15) is 5.10 Å². The van der Waals surface area contributed by atoms with E-state index in [1.54, 1.807) is 17.1 Å². The minimum absolute atomic E-state index is 0.0528. The number of pyridine rings is 1. The van der Waals surface area contributed by atoms with Crippen LogP contribution < -0.4 is 10.6 Å². The number of nitrogens with one attached hydrogen (secondary N) is 2. The Morgan fingerprint density at radius 1 is 1.29 bits per heavy atom. The van der Waals surface area contributed by atoms with Gasteiger partial charge in [0.1, 0.15) is 0 Å². The molecule has 4 rings (SSSR count). The number of hydrogen-bond acceptors (Lipinski definition) is 4. The zero-order valence-corrected chi connectivity index (χ0v) is 13.7. The molecule has 3 atom stereocenters. The summed E-state index contributed by atoms with van der Waals surface area (Å²) in [6.45, 7) is 0.468. The fourth-order valence-corrected chi connectivity index (χ4v) is 4.00. The van der Waals surface area contributed by atoms with Gasteiger partial charge in [0.2, 0.25) is 5.91 Å². The van der Waals surface area contributed by atoms with Gasteiger partial charge in [-0.15, -0.1) is 0 Å². The van der Waals surface area contributed by atoms with Crippen molar-refractivity contribution in [2.75, 3.05) is 0 Å². The van der Waals surface area contributed by atoms with Gasteiger partial charge in [0.15, 0.2) is 5.82 Å². The molecular formula is C18H23N5O. The topological polar surface area (TPSA) is 71.8 Å². The smallest absolute Gasteiger partial charge is 0.237 e. The Morgan fingerprint density at radius 2 is 2.21 bits per heavy atom. The van der Waals surface area contributed by atoms with Crippen LogP contribution in [-0.2, 0) is 11.3 Å². The van der Waals surface area contributed by atoms with Crippen LogP contribution in [0.5, 0.6) is 0 Å². The molecule has 3 unspecified atom stereocenters. The van der Waals surface area contributed by atoms with Crippen molar-refractivity contribution in [3.8, 4) is 5.82 Å². The second kappa shape index (κ2) is 6.73. The lowest BCUT2D eigenvalue weighted by Crippen LogP contribution is -2.43. The van der Waals surface area contributed by atoms with Gasteiger partial charge in [-0.1, -0.05) is 18.9 Å². The van der Waals surface area contributed by atoms with Crippen molar-refractivity contribution in [1.29, 1.82) is 0 Å². The highest BCUT2D eigenvalue weighted by molar-refractivity contribution is 5.82. The van der Waals surface area contributed by atoms with E-state index < -0.39 is 0 Å². The van der Waals surface area contributed by atoms with E-state index in [-0.39, 0.29) is 11.9 Å². The number of hydrogen-bond donors (Lipinski definition) is 2.